The molecule has 0 unspecified atom stereocenters. The van der Waals surface area contributed by atoms with Gasteiger partial charge in [0.1, 0.15) is 24.4 Å². The standard InChI is InChI=1S/C15H25ClN4O6/c1-6(2)20(7(3)4)14-17-13(16)18-15(19-14)26-12-11(24)10(23)9(22)8(5-21)25-12/h6-12,21-24H,5H2,1-4H3/t8-,9-,10+,11-,12+/m1/s1. The van der Waals surface area contributed by atoms with Gasteiger partial charge >= 0.3 is 6.01 Å². The number of anilines is 1. The van der Waals surface area contributed by atoms with E-state index in [-0.39, 0.29) is 29.3 Å². The number of aliphatic hydroxyl groups excluding tert-OH is 4. The Morgan fingerprint density at radius 1 is 1.04 bits per heavy atom. The average Bonchev–Trinajstić information content (AvgIpc) is 2.54. The van der Waals surface area contributed by atoms with Crippen molar-refractivity contribution >= 4 is 17.5 Å². The molecule has 1 aromatic rings. The molecule has 11 heteroatoms. The van der Waals surface area contributed by atoms with Crippen molar-refractivity contribution in [2.75, 3.05) is 11.5 Å². The molecule has 0 aliphatic carbocycles. The van der Waals surface area contributed by atoms with E-state index in [0.717, 1.165) is 0 Å². The highest BCUT2D eigenvalue weighted by Crippen LogP contribution is 2.25. The van der Waals surface area contributed by atoms with Crippen molar-refractivity contribution in [2.45, 2.75) is 70.5 Å². The largest absolute Gasteiger partial charge is 0.430 e. The van der Waals surface area contributed by atoms with Crippen LogP contribution in [-0.4, -0.2) is 84.8 Å². The van der Waals surface area contributed by atoms with Crippen LogP contribution in [0.5, 0.6) is 6.01 Å². The van der Waals surface area contributed by atoms with E-state index in [1.165, 1.54) is 0 Å². The Balaban J connectivity index is 2.26. The highest BCUT2D eigenvalue weighted by atomic mass is 35.5. The van der Waals surface area contributed by atoms with Gasteiger partial charge in [-0.05, 0) is 39.3 Å². The lowest BCUT2D eigenvalue weighted by Crippen LogP contribution is -2.60. The topological polar surface area (TPSA) is 141 Å². The zero-order valence-electron chi connectivity index (χ0n) is 15.0. The fourth-order valence-electron chi connectivity index (χ4n) is 2.82. The summed E-state index contributed by atoms with van der Waals surface area (Å²) >= 11 is 5.96. The number of aromatic nitrogens is 3. The van der Waals surface area contributed by atoms with E-state index in [2.05, 4.69) is 15.0 Å². The number of nitrogens with zero attached hydrogens (tertiary/aromatic N) is 4. The Morgan fingerprint density at radius 3 is 2.19 bits per heavy atom. The maximum atomic E-state index is 10.1. The summed E-state index contributed by atoms with van der Waals surface area (Å²) < 4.78 is 10.7. The first-order chi connectivity index (χ1) is 12.1. The second kappa shape index (κ2) is 8.59. The third-order valence-corrected chi connectivity index (χ3v) is 4.16. The smallest absolute Gasteiger partial charge is 0.325 e. The normalized spacial score (nSPS) is 29.3. The first-order valence-electron chi connectivity index (χ1n) is 8.32. The molecule has 1 aliphatic rings. The van der Waals surface area contributed by atoms with Gasteiger partial charge in [-0.2, -0.15) is 15.0 Å². The molecule has 10 nitrogen and oxygen atoms in total. The van der Waals surface area contributed by atoms with E-state index >= 15 is 0 Å². The summed E-state index contributed by atoms with van der Waals surface area (Å²) in [7, 11) is 0. The molecule has 2 heterocycles. The summed E-state index contributed by atoms with van der Waals surface area (Å²) in [6.45, 7) is 7.31. The molecule has 148 valence electrons. The minimum Gasteiger partial charge on any atom is -0.430 e. The molecule has 0 saturated carbocycles. The van der Waals surface area contributed by atoms with Crippen LogP contribution in [0.2, 0.25) is 5.28 Å². The second-order valence-corrected chi connectivity index (χ2v) is 6.93. The lowest BCUT2D eigenvalue weighted by atomic mass is 9.99. The number of ether oxygens (including phenoxy) is 2. The van der Waals surface area contributed by atoms with Gasteiger partial charge in [0.15, 0.2) is 0 Å². The van der Waals surface area contributed by atoms with Crippen LogP contribution in [0.25, 0.3) is 0 Å². The van der Waals surface area contributed by atoms with Crippen molar-refractivity contribution in [1.29, 1.82) is 0 Å². The molecule has 0 bridgehead atoms. The van der Waals surface area contributed by atoms with Crippen molar-refractivity contribution in [3.8, 4) is 6.01 Å². The Labute approximate surface area is 156 Å². The van der Waals surface area contributed by atoms with Crippen molar-refractivity contribution in [3.05, 3.63) is 5.28 Å². The van der Waals surface area contributed by atoms with Gasteiger partial charge < -0.3 is 34.8 Å². The van der Waals surface area contributed by atoms with Crippen LogP contribution in [0.1, 0.15) is 27.7 Å². The van der Waals surface area contributed by atoms with Crippen molar-refractivity contribution in [2.24, 2.45) is 0 Å². The van der Waals surface area contributed by atoms with Crippen LogP contribution in [0.3, 0.4) is 0 Å². The molecule has 1 saturated heterocycles. The predicted molar refractivity (Wildman–Crippen MR) is 92.0 cm³/mol. The summed E-state index contributed by atoms with van der Waals surface area (Å²) in [4.78, 5) is 14.1. The van der Waals surface area contributed by atoms with E-state index in [1.807, 2.05) is 32.6 Å². The first-order valence-corrected chi connectivity index (χ1v) is 8.70. The Bertz CT molecular complexity index is 597. The van der Waals surface area contributed by atoms with E-state index in [1.54, 1.807) is 0 Å². The monoisotopic (exact) mass is 392 g/mol. The lowest BCUT2D eigenvalue weighted by molar-refractivity contribution is -0.278. The second-order valence-electron chi connectivity index (χ2n) is 6.60. The number of hydrogen-bond acceptors (Lipinski definition) is 10. The molecule has 0 radical (unpaired) electrons. The number of rotatable bonds is 6. The van der Waals surface area contributed by atoms with E-state index in [9.17, 15) is 20.4 Å². The van der Waals surface area contributed by atoms with Crippen molar-refractivity contribution in [3.63, 3.8) is 0 Å². The fourth-order valence-corrected chi connectivity index (χ4v) is 2.96. The van der Waals surface area contributed by atoms with Gasteiger partial charge in [-0.15, -0.1) is 0 Å². The maximum Gasteiger partial charge on any atom is 0.325 e. The average molecular weight is 393 g/mol. The lowest BCUT2D eigenvalue weighted by Gasteiger charge is -2.39. The van der Waals surface area contributed by atoms with Gasteiger partial charge in [0, 0.05) is 12.1 Å². The Morgan fingerprint density at radius 2 is 1.65 bits per heavy atom. The number of halogens is 1. The molecular formula is C15H25ClN4O6. The van der Waals surface area contributed by atoms with Gasteiger partial charge in [-0.1, -0.05) is 0 Å². The molecule has 0 aromatic carbocycles. The van der Waals surface area contributed by atoms with Crippen molar-refractivity contribution < 1.29 is 29.9 Å². The third-order valence-electron chi connectivity index (χ3n) is 3.99. The van der Waals surface area contributed by atoms with Gasteiger partial charge in [-0.3, -0.25) is 0 Å². The highest BCUT2D eigenvalue weighted by molar-refractivity contribution is 6.28. The van der Waals surface area contributed by atoms with Crippen LogP contribution in [0.15, 0.2) is 0 Å². The zero-order valence-corrected chi connectivity index (χ0v) is 15.8. The Kier molecular flexibility index (Phi) is 6.94. The number of hydrogen-bond donors (Lipinski definition) is 4. The number of aliphatic hydroxyl groups is 4. The van der Waals surface area contributed by atoms with Crippen LogP contribution in [-0.2, 0) is 4.74 Å². The van der Waals surface area contributed by atoms with Crippen molar-refractivity contribution in [1.82, 2.24) is 15.0 Å². The summed E-state index contributed by atoms with van der Waals surface area (Å²) in [6.07, 6.45) is -7.12. The molecule has 0 spiro atoms. The molecule has 1 aliphatic heterocycles. The van der Waals surface area contributed by atoms with E-state index in [0.29, 0.717) is 0 Å². The Hall–Kier alpha value is -1.30. The minimum absolute atomic E-state index is 0.0774. The van der Waals surface area contributed by atoms with E-state index < -0.39 is 37.3 Å². The molecule has 26 heavy (non-hydrogen) atoms. The molecular weight excluding hydrogens is 368 g/mol. The SMILES string of the molecule is CC(C)N(c1nc(Cl)nc(O[C@@H]2O[C@H](CO)[C@@H](O)[C@H](O)[C@H]2O)n1)C(C)C. The van der Waals surface area contributed by atoms with Crippen LogP contribution >= 0.6 is 11.6 Å². The maximum absolute atomic E-state index is 10.1. The summed E-state index contributed by atoms with van der Waals surface area (Å²) in [6, 6.07) is -0.0576. The van der Waals surface area contributed by atoms with Gasteiger partial charge in [0.25, 0.3) is 0 Å². The summed E-state index contributed by atoms with van der Waals surface area (Å²) in [5, 5.41) is 38.8. The molecule has 5 atom stereocenters. The predicted octanol–water partition coefficient (Wildman–Crippen LogP) is -0.673. The summed E-state index contributed by atoms with van der Waals surface area (Å²) in [5.41, 5.74) is 0. The molecule has 4 N–H and O–H groups in total. The molecule has 1 aromatic heterocycles. The molecule has 1 fully saturated rings. The fraction of sp³-hybridized carbons (Fsp3) is 0.800. The minimum atomic E-state index is -1.57. The molecule has 0 amide bonds. The van der Waals surface area contributed by atoms with Crippen LogP contribution in [0, 0.1) is 0 Å². The first kappa shape index (κ1) is 21.0. The van der Waals surface area contributed by atoms with E-state index in [4.69, 9.17) is 21.1 Å². The third kappa shape index (κ3) is 4.51. The van der Waals surface area contributed by atoms with Gasteiger partial charge in [0.2, 0.25) is 17.5 Å². The molecule has 2 rings (SSSR count). The highest BCUT2D eigenvalue weighted by Gasteiger charge is 2.45. The van der Waals surface area contributed by atoms with Crippen LogP contribution < -0.4 is 9.64 Å². The van der Waals surface area contributed by atoms with Gasteiger partial charge in [-0.25, -0.2) is 0 Å². The van der Waals surface area contributed by atoms with Gasteiger partial charge in [0.05, 0.1) is 6.61 Å². The quantitative estimate of drug-likeness (QED) is 0.492. The zero-order chi connectivity index (χ0) is 19.6. The van der Waals surface area contributed by atoms with Crippen LogP contribution in [0.4, 0.5) is 5.95 Å². The summed E-state index contributed by atoms with van der Waals surface area (Å²) in [5.74, 6) is 0.287.